The van der Waals surface area contributed by atoms with Gasteiger partial charge >= 0.3 is 6.18 Å². The molecule has 6 nitrogen and oxygen atoms in total. The Balaban J connectivity index is 1.53. The van der Waals surface area contributed by atoms with Crippen LogP contribution in [0.3, 0.4) is 0 Å². The minimum absolute atomic E-state index is 0.143. The van der Waals surface area contributed by atoms with Crippen molar-refractivity contribution < 1.29 is 22.7 Å². The van der Waals surface area contributed by atoms with E-state index >= 15 is 0 Å². The van der Waals surface area contributed by atoms with E-state index in [9.17, 15) is 18.0 Å². The first-order valence-corrected chi connectivity index (χ1v) is 10.2. The molecule has 4 rings (SSSR count). The third-order valence-corrected chi connectivity index (χ3v) is 5.47. The molecule has 2 aromatic carbocycles. The smallest absolute Gasteiger partial charge is 0.418 e. The second-order valence-corrected chi connectivity index (χ2v) is 7.58. The average Bonchev–Trinajstić information content (AvgIpc) is 3.20. The van der Waals surface area contributed by atoms with Gasteiger partial charge in [-0.15, -0.1) is 0 Å². The van der Waals surface area contributed by atoms with Gasteiger partial charge in [-0.1, -0.05) is 18.2 Å². The van der Waals surface area contributed by atoms with E-state index in [1.165, 1.54) is 12.1 Å². The van der Waals surface area contributed by atoms with Crippen LogP contribution in [0.5, 0.6) is 5.75 Å². The molecule has 1 aromatic heterocycles. The first-order valence-electron chi connectivity index (χ1n) is 10.2. The van der Waals surface area contributed by atoms with E-state index in [2.05, 4.69) is 5.10 Å². The molecule has 1 amide bonds. The summed E-state index contributed by atoms with van der Waals surface area (Å²) in [5.41, 5.74) is 1.27. The molecule has 1 aliphatic rings. The number of hydrogen-bond donors (Lipinski definition) is 0. The molecule has 9 heteroatoms. The van der Waals surface area contributed by atoms with Crippen molar-refractivity contribution in [3.8, 4) is 11.4 Å². The van der Waals surface area contributed by atoms with Crippen LogP contribution in [-0.2, 0) is 6.18 Å². The van der Waals surface area contributed by atoms with Crippen molar-refractivity contribution in [3.05, 3.63) is 71.5 Å². The number of para-hydroxylation sites is 1. The molecule has 0 spiro atoms. The maximum absolute atomic E-state index is 13.4. The van der Waals surface area contributed by atoms with E-state index in [-0.39, 0.29) is 11.6 Å². The highest BCUT2D eigenvalue weighted by molar-refractivity contribution is 5.93. The summed E-state index contributed by atoms with van der Waals surface area (Å²) in [6.07, 6.45) is -4.43. The topological polar surface area (TPSA) is 50.6 Å². The van der Waals surface area contributed by atoms with Crippen LogP contribution in [0.4, 0.5) is 18.9 Å². The number of carbonyl (C=O) groups excluding carboxylic acids is 1. The molecule has 1 saturated heterocycles. The molecule has 0 atom stereocenters. The van der Waals surface area contributed by atoms with Crippen LogP contribution in [0.15, 0.2) is 54.6 Å². The third-order valence-electron chi connectivity index (χ3n) is 5.47. The monoisotopic (exact) mass is 444 g/mol. The number of ether oxygens (including phenoxy) is 1. The molecule has 0 radical (unpaired) electrons. The summed E-state index contributed by atoms with van der Waals surface area (Å²) in [7, 11) is 1.57. The predicted octanol–water partition coefficient (Wildman–Crippen LogP) is 4.17. The lowest BCUT2D eigenvalue weighted by molar-refractivity contribution is -0.137. The van der Waals surface area contributed by atoms with Crippen molar-refractivity contribution in [1.29, 1.82) is 0 Å². The molecule has 0 N–H and O–H groups in total. The van der Waals surface area contributed by atoms with Crippen molar-refractivity contribution in [1.82, 2.24) is 14.7 Å². The lowest BCUT2D eigenvalue weighted by Gasteiger charge is -2.37. The van der Waals surface area contributed by atoms with Crippen molar-refractivity contribution in [2.75, 3.05) is 38.2 Å². The predicted molar refractivity (Wildman–Crippen MR) is 114 cm³/mol. The number of nitrogens with zero attached hydrogens (tertiary/aromatic N) is 4. The zero-order chi connectivity index (χ0) is 22.9. The quantitative estimate of drug-likeness (QED) is 0.606. The van der Waals surface area contributed by atoms with Crippen LogP contribution in [0.1, 0.15) is 21.7 Å². The lowest BCUT2D eigenvalue weighted by Crippen LogP contribution is -2.49. The molecule has 1 aliphatic heterocycles. The Kier molecular flexibility index (Phi) is 5.82. The van der Waals surface area contributed by atoms with Crippen molar-refractivity contribution in [2.45, 2.75) is 13.1 Å². The molecule has 32 heavy (non-hydrogen) atoms. The summed E-state index contributed by atoms with van der Waals surface area (Å²) in [6, 6.07) is 14.5. The number of amides is 1. The first-order chi connectivity index (χ1) is 15.3. The van der Waals surface area contributed by atoms with Gasteiger partial charge in [0.15, 0.2) is 0 Å². The molecular formula is C23H23F3N4O2. The number of alkyl halides is 3. The van der Waals surface area contributed by atoms with Crippen molar-refractivity contribution in [2.24, 2.45) is 0 Å². The summed E-state index contributed by atoms with van der Waals surface area (Å²) in [4.78, 5) is 16.6. The van der Waals surface area contributed by atoms with Crippen LogP contribution in [-0.4, -0.2) is 53.9 Å². The van der Waals surface area contributed by atoms with Gasteiger partial charge in [0.2, 0.25) is 0 Å². The Hall–Kier alpha value is -3.49. The minimum Gasteiger partial charge on any atom is -0.497 e. The number of halogens is 3. The normalized spacial score (nSPS) is 14.5. The number of methoxy groups -OCH3 is 1. The van der Waals surface area contributed by atoms with Gasteiger partial charge < -0.3 is 14.5 Å². The molecule has 0 aliphatic carbocycles. The van der Waals surface area contributed by atoms with Crippen LogP contribution in [0.25, 0.3) is 5.69 Å². The fourth-order valence-electron chi connectivity index (χ4n) is 3.89. The van der Waals surface area contributed by atoms with Gasteiger partial charge in [-0.05, 0) is 37.3 Å². The Morgan fingerprint density at radius 3 is 2.41 bits per heavy atom. The number of rotatable bonds is 4. The van der Waals surface area contributed by atoms with E-state index in [0.29, 0.717) is 49.0 Å². The maximum Gasteiger partial charge on any atom is 0.418 e. The number of carbonyl (C=O) groups is 1. The fourth-order valence-corrected chi connectivity index (χ4v) is 3.89. The second-order valence-electron chi connectivity index (χ2n) is 7.58. The van der Waals surface area contributed by atoms with E-state index in [4.69, 9.17) is 4.74 Å². The highest BCUT2D eigenvalue weighted by atomic mass is 19.4. The highest BCUT2D eigenvalue weighted by Crippen LogP contribution is 2.36. The molecule has 0 unspecified atom stereocenters. The summed E-state index contributed by atoms with van der Waals surface area (Å²) >= 11 is 0. The minimum atomic E-state index is -4.43. The van der Waals surface area contributed by atoms with E-state index in [1.807, 2.05) is 12.1 Å². The average molecular weight is 444 g/mol. The second kappa shape index (κ2) is 8.57. The van der Waals surface area contributed by atoms with Crippen LogP contribution in [0.2, 0.25) is 0 Å². The van der Waals surface area contributed by atoms with Gasteiger partial charge in [-0.3, -0.25) is 4.79 Å². The van der Waals surface area contributed by atoms with Gasteiger partial charge in [0.25, 0.3) is 5.91 Å². The zero-order valence-electron chi connectivity index (χ0n) is 17.8. The Morgan fingerprint density at radius 2 is 1.72 bits per heavy atom. The zero-order valence-corrected chi connectivity index (χ0v) is 17.8. The summed E-state index contributed by atoms with van der Waals surface area (Å²) in [6.45, 7) is 3.05. The largest absolute Gasteiger partial charge is 0.497 e. The standard InChI is InChI=1S/C23H23F3N4O2/c1-16-14-21(30(27-16)17-6-5-7-18(15-17)32-2)22(31)29-12-10-28(11-13-29)20-9-4-3-8-19(20)23(24,25)26/h3-9,14-15H,10-13H2,1-2H3. The highest BCUT2D eigenvalue weighted by Gasteiger charge is 2.35. The van der Waals surface area contributed by atoms with Crippen molar-refractivity contribution in [3.63, 3.8) is 0 Å². The van der Waals surface area contributed by atoms with E-state index < -0.39 is 11.7 Å². The molecule has 2 heterocycles. The van der Waals surface area contributed by atoms with Gasteiger partial charge in [0, 0.05) is 37.9 Å². The Bertz CT molecular complexity index is 1120. The van der Waals surface area contributed by atoms with Crippen LogP contribution >= 0.6 is 0 Å². The SMILES string of the molecule is COc1cccc(-n2nc(C)cc2C(=O)N2CCN(c3ccccc3C(F)(F)F)CC2)c1. The van der Waals surface area contributed by atoms with Gasteiger partial charge in [-0.25, -0.2) is 4.68 Å². The number of piperazine rings is 1. The van der Waals surface area contributed by atoms with Crippen molar-refractivity contribution >= 4 is 11.6 Å². The number of hydrogen-bond acceptors (Lipinski definition) is 4. The molecule has 168 valence electrons. The Morgan fingerprint density at radius 1 is 1.00 bits per heavy atom. The maximum atomic E-state index is 13.4. The van der Waals surface area contributed by atoms with Gasteiger partial charge in [0.1, 0.15) is 11.4 Å². The van der Waals surface area contributed by atoms with E-state index in [1.54, 1.807) is 52.8 Å². The van der Waals surface area contributed by atoms with Gasteiger partial charge in [-0.2, -0.15) is 18.3 Å². The molecule has 1 fully saturated rings. The third kappa shape index (κ3) is 4.28. The summed E-state index contributed by atoms with van der Waals surface area (Å²) in [5.74, 6) is 0.433. The number of aromatic nitrogens is 2. The van der Waals surface area contributed by atoms with Gasteiger partial charge in [0.05, 0.1) is 24.1 Å². The number of aryl methyl sites for hydroxylation is 1. The lowest BCUT2D eigenvalue weighted by atomic mass is 10.1. The molecule has 3 aromatic rings. The molecular weight excluding hydrogens is 421 g/mol. The summed E-state index contributed by atoms with van der Waals surface area (Å²) < 4.78 is 47.0. The first kappa shape index (κ1) is 21.7. The number of benzene rings is 2. The molecule has 0 bridgehead atoms. The van der Waals surface area contributed by atoms with Crippen LogP contribution < -0.4 is 9.64 Å². The number of anilines is 1. The van der Waals surface area contributed by atoms with E-state index in [0.717, 1.165) is 6.07 Å². The van der Waals surface area contributed by atoms with Crippen LogP contribution in [0, 0.1) is 6.92 Å². The summed E-state index contributed by atoms with van der Waals surface area (Å²) in [5, 5.41) is 4.45. The Labute approximate surface area is 183 Å². The fraction of sp³-hybridized carbons (Fsp3) is 0.304. The molecule has 0 saturated carbocycles.